The van der Waals surface area contributed by atoms with Crippen LogP contribution in [0.4, 0.5) is 0 Å². The van der Waals surface area contributed by atoms with Crippen molar-refractivity contribution in [1.29, 1.82) is 0 Å². The predicted molar refractivity (Wildman–Crippen MR) is 71.7 cm³/mol. The maximum atomic E-state index is 1.62. The molecule has 0 N–H and O–H groups in total. The molecule has 0 heterocycles. The summed E-state index contributed by atoms with van der Waals surface area (Å²) in [6.45, 7) is 0. The fourth-order valence-corrected chi connectivity index (χ4v) is 6.45. The van der Waals surface area contributed by atoms with Gasteiger partial charge >= 0.3 is 0 Å². The van der Waals surface area contributed by atoms with E-state index in [4.69, 9.17) is 0 Å². The Bertz CT molecular complexity index is 282. The van der Waals surface area contributed by atoms with E-state index in [9.17, 15) is 0 Å². The van der Waals surface area contributed by atoms with Gasteiger partial charge in [-0.3, -0.25) is 0 Å². The summed E-state index contributed by atoms with van der Waals surface area (Å²) in [4.78, 5) is 0. The zero-order valence-electron chi connectivity index (χ0n) is 11.2. The smallest absolute Gasteiger partial charge is 0.0352 e. The molecule has 17 heavy (non-hydrogen) atoms. The third kappa shape index (κ3) is 1.70. The molecule has 0 amide bonds. The van der Waals surface area contributed by atoms with Crippen molar-refractivity contribution in [3.63, 3.8) is 0 Å². The molecule has 6 atom stereocenters. The lowest BCUT2D eigenvalue weighted by atomic mass is 9.54. The molecule has 0 aliphatic heterocycles. The van der Waals surface area contributed by atoms with Gasteiger partial charge in [0.05, 0.1) is 0 Å². The number of hydrogen-bond acceptors (Lipinski definition) is 0. The highest BCUT2D eigenvalue weighted by atomic mass is 14.5. The summed E-state index contributed by atoms with van der Waals surface area (Å²) in [5, 5.41) is 0. The Morgan fingerprint density at radius 3 is 1.59 bits per heavy atom. The van der Waals surface area contributed by atoms with Crippen LogP contribution in [0.1, 0.15) is 70.6 Å². The van der Waals surface area contributed by atoms with Crippen molar-refractivity contribution in [2.45, 2.75) is 70.6 Å². The van der Waals surface area contributed by atoms with Gasteiger partial charge in [-0.1, -0.05) is 32.1 Å². The van der Waals surface area contributed by atoms with Crippen LogP contribution in [-0.4, -0.2) is 0 Å². The number of fused-ring (bicyclic) bond motifs is 5. The van der Waals surface area contributed by atoms with Gasteiger partial charge in [-0.15, -0.1) is 0 Å². The van der Waals surface area contributed by atoms with Gasteiger partial charge in [-0.2, -0.15) is 0 Å². The minimum absolute atomic E-state index is 1.16. The molecule has 96 valence electrons. The zero-order valence-corrected chi connectivity index (χ0v) is 11.2. The van der Waals surface area contributed by atoms with Crippen LogP contribution in [-0.2, 0) is 0 Å². The van der Waals surface area contributed by atoms with Crippen molar-refractivity contribution in [3.8, 4) is 0 Å². The van der Waals surface area contributed by atoms with Gasteiger partial charge in [0, 0.05) is 0 Å². The zero-order chi connectivity index (χ0) is 11.2. The third-order valence-corrected chi connectivity index (χ3v) is 7.08. The highest BCUT2D eigenvalue weighted by molar-refractivity contribution is 4.98. The van der Waals surface area contributed by atoms with E-state index < -0.39 is 0 Å². The Kier molecular flexibility index (Phi) is 2.74. The fraction of sp³-hybridized carbons (Fsp3) is 1.00. The van der Waals surface area contributed by atoms with Crippen molar-refractivity contribution >= 4 is 0 Å². The van der Waals surface area contributed by atoms with Crippen molar-refractivity contribution < 1.29 is 0 Å². The second-order valence-corrected chi connectivity index (χ2v) is 7.55. The van der Waals surface area contributed by atoms with E-state index in [1.54, 1.807) is 70.6 Å². The molecule has 2 unspecified atom stereocenters. The molecule has 0 nitrogen and oxygen atoms in total. The second-order valence-electron chi connectivity index (χ2n) is 7.55. The van der Waals surface area contributed by atoms with Gasteiger partial charge in [0.1, 0.15) is 0 Å². The standard InChI is InChI=1S/C17H28/c1-2-6-14-12(4-1)8-10-17-15-7-3-5-13(15)9-11-16(14)17/h12-17H,1-11H2/t12-,13-,14-,15-,16?,17?/m1/s1. The molecule has 0 aromatic rings. The Balaban J connectivity index is 1.56. The van der Waals surface area contributed by atoms with Crippen LogP contribution in [0.15, 0.2) is 0 Å². The second kappa shape index (κ2) is 4.28. The average molecular weight is 232 g/mol. The summed E-state index contributed by atoms with van der Waals surface area (Å²) in [7, 11) is 0. The van der Waals surface area contributed by atoms with E-state index in [1.165, 1.54) is 23.7 Å². The van der Waals surface area contributed by atoms with Crippen LogP contribution in [0.5, 0.6) is 0 Å². The summed E-state index contributed by atoms with van der Waals surface area (Å²) in [6.07, 6.45) is 17.5. The van der Waals surface area contributed by atoms with Gasteiger partial charge in [0.15, 0.2) is 0 Å². The molecular formula is C17H28. The molecule has 0 bridgehead atoms. The number of rotatable bonds is 0. The van der Waals surface area contributed by atoms with Crippen LogP contribution >= 0.6 is 0 Å². The molecule has 4 aliphatic carbocycles. The summed E-state index contributed by atoms with van der Waals surface area (Å²) in [5.41, 5.74) is 0. The first-order valence-electron chi connectivity index (χ1n) is 8.43. The highest BCUT2D eigenvalue weighted by Gasteiger charge is 2.48. The summed E-state index contributed by atoms with van der Waals surface area (Å²) < 4.78 is 0. The quantitative estimate of drug-likeness (QED) is 0.549. The molecule has 4 saturated carbocycles. The van der Waals surface area contributed by atoms with E-state index in [0.29, 0.717) is 0 Å². The van der Waals surface area contributed by atoms with Gasteiger partial charge in [-0.05, 0) is 74.0 Å². The van der Waals surface area contributed by atoms with E-state index in [2.05, 4.69) is 0 Å². The Morgan fingerprint density at radius 1 is 0.353 bits per heavy atom. The van der Waals surface area contributed by atoms with Crippen molar-refractivity contribution in [2.24, 2.45) is 35.5 Å². The number of hydrogen-bond donors (Lipinski definition) is 0. The molecule has 0 radical (unpaired) electrons. The third-order valence-electron chi connectivity index (χ3n) is 7.08. The van der Waals surface area contributed by atoms with Crippen molar-refractivity contribution in [3.05, 3.63) is 0 Å². The molecule has 0 heteroatoms. The van der Waals surface area contributed by atoms with Gasteiger partial charge in [0.25, 0.3) is 0 Å². The molecule has 4 rings (SSSR count). The fourth-order valence-electron chi connectivity index (χ4n) is 6.45. The van der Waals surface area contributed by atoms with E-state index in [0.717, 1.165) is 11.8 Å². The summed E-state index contributed by atoms with van der Waals surface area (Å²) in [5.74, 6) is 7.02. The van der Waals surface area contributed by atoms with E-state index in [-0.39, 0.29) is 0 Å². The minimum Gasteiger partial charge on any atom is -0.0530 e. The van der Waals surface area contributed by atoms with Crippen LogP contribution in [0, 0.1) is 35.5 Å². The first kappa shape index (κ1) is 10.9. The Labute approximate surface area is 107 Å². The SMILES string of the molecule is C1CC[C@H]2C3CC[C@H]4CCC[C@H]4C3CC[C@H]2C1. The average Bonchev–Trinajstić information content (AvgIpc) is 2.86. The normalized spacial score (nSPS) is 53.6. The van der Waals surface area contributed by atoms with Crippen molar-refractivity contribution in [2.75, 3.05) is 0 Å². The summed E-state index contributed by atoms with van der Waals surface area (Å²) in [6, 6.07) is 0. The van der Waals surface area contributed by atoms with Crippen LogP contribution < -0.4 is 0 Å². The lowest BCUT2D eigenvalue weighted by molar-refractivity contribution is -0.0184. The summed E-state index contributed by atoms with van der Waals surface area (Å²) >= 11 is 0. The maximum Gasteiger partial charge on any atom is -0.0352 e. The van der Waals surface area contributed by atoms with Gasteiger partial charge in [-0.25, -0.2) is 0 Å². The van der Waals surface area contributed by atoms with Crippen LogP contribution in [0.25, 0.3) is 0 Å². The molecule has 0 spiro atoms. The van der Waals surface area contributed by atoms with E-state index in [1.807, 2.05) is 0 Å². The molecule has 0 saturated heterocycles. The van der Waals surface area contributed by atoms with Crippen LogP contribution in [0.2, 0.25) is 0 Å². The Morgan fingerprint density at radius 2 is 0.882 bits per heavy atom. The van der Waals surface area contributed by atoms with Crippen molar-refractivity contribution in [1.82, 2.24) is 0 Å². The molecule has 0 aromatic heterocycles. The van der Waals surface area contributed by atoms with Gasteiger partial charge < -0.3 is 0 Å². The topological polar surface area (TPSA) is 0 Å². The molecular weight excluding hydrogens is 204 g/mol. The largest absolute Gasteiger partial charge is 0.0530 e. The Hall–Kier alpha value is 0. The molecule has 4 fully saturated rings. The van der Waals surface area contributed by atoms with E-state index >= 15 is 0 Å². The molecule has 0 aromatic carbocycles. The predicted octanol–water partition coefficient (Wildman–Crippen LogP) is 5.03. The van der Waals surface area contributed by atoms with Crippen LogP contribution in [0.3, 0.4) is 0 Å². The minimum atomic E-state index is 1.16. The monoisotopic (exact) mass is 232 g/mol. The highest BCUT2D eigenvalue weighted by Crippen LogP contribution is 2.57. The lowest BCUT2D eigenvalue weighted by Crippen LogP contribution is -2.43. The molecule has 4 aliphatic rings. The first-order valence-corrected chi connectivity index (χ1v) is 8.43. The lowest BCUT2D eigenvalue weighted by Gasteiger charge is -2.51. The maximum absolute atomic E-state index is 1.62. The van der Waals surface area contributed by atoms with Gasteiger partial charge in [0.2, 0.25) is 0 Å². The first-order chi connectivity index (χ1) is 8.43.